The summed E-state index contributed by atoms with van der Waals surface area (Å²) in [5.74, 6) is -1.60. The number of carbonyl (C=O) groups is 2. The van der Waals surface area contributed by atoms with Gasteiger partial charge in [0.1, 0.15) is 0 Å². The third-order valence-electron chi connectivity index (χ3n) is 2.48. The predicted molar refractivity (Wildman–Crippen MR) is 67.7 cm³/mol. The quantitative estimate of drug-likeness (QED) is 0.561. The van der Waals surface area contributed by atoms with Crippen LogP contribution in [0.25, 0.3) is 0 Å². The van der Waals surface area contributed by atoms with Crippen LogP contribution in [0.5, 0.6) is 0 Å². The molecule has 0 heterocycles. The third-order valence-corrected chi connectivity index (χ3v) is 2.89. The van der Waals surface area contributed by atoms with Crippen molar-refractivity contribution in [2.24, 2.45) is 0 Å². The van der Waals surface area contributed by atoms with Crippen molar-refractivity contribution in [2.45, 2.75) is 24.5 Å². The van der Waals surface area contributed by atoms with Crippen LogP contribution in [0.15, 0.2) is 18.2 Å². The van der Waals surface area contributed by atoms with E-state index in [9.17, 15) is 19.8 Å². The minimum absolute atomic E-state index is 0.130. The van der Waals surface area contributed by atoms with Crippen molar-refractivity contribution in [3.8, 4) is 0 Å². The topological polar surface area (TPSA) is 94.8 Å². The number of aliphatic hydroxyl groups excluding tert-OH is 2. The van der Waals surface area contributed by atoms with Crippen LogP contribution in [0.3, 0.4) is 0 Å². The highest BCUT2D eigenvalue weighted by atomic mass is 79.9. The summed E-state index contributed by atoms with van der Waals surface area (Å²) in [6.45, 7) is 1.25. The molecular weight excluding hydrogens is 304 g/mol. The van der Waals surface area contributed by atoms with Crippen LogP contribution in [0.2, 0.25) is 0 Å². The molecule has 18 heavy (non-hydrogen) atoms. The summed E-state index contributed by atoms with van der Waals surface area (Å²) in [7, 11) is 0. The molecule has 2 unspecified atom stereocenters. The van der Waals surface area contributed by atoms with Gasteiger partial charge in [-0.3, -0.25) is 4.79 Å². The highest BCUT2D eigenvalue weighted by molar-refractivity contribution is 9.10. The van der Waals surface area contributed by atoms with Crippen LogP contribution in [-0.2, 0) is 11.4 Å². The predicted octanol–water partition coefficient (Wildman–Crippen LogP) is 1.26. The van der Waals surface area contributed by atoms with Gasteiger partial charge in [0, 0.05) is 5.56 Å². The summed E-state index contributed by atoms with van der Waals surface area (Å²) < 4.78 is 0. The lowest BCUT2D eigenvalue weighted by atomic mass is 9.97. The zero-order chi connectivity index (χ0) is 13.9. The summed E-state index contributed by atoms with van der Waals surface area (Å²) >= 11 is 3.14. The summed E-state index contributed by atoms with van der Waals surface area (Å²) in [5, 5.41) is 27.3. The van der Waals surface area contributed by atoms with E-state index in [1.807, 2.05) is 0 Å². The molecule has 0 aromatic heterocycles. The summed E-state index contributed by atoms with van der Waals surface area (Å²) in [4.78, 5) is 22.0. The van der Waals surface area contributed by atoms with Gasteiger partial charge in [-0.2, -0.15) is 0 Å². The molecule has 0 fully saturated rings. The van der Waals surface area contributed by atoms with Crippen molar-refractivity contribution in [1.29, 1.82) is 0 Å². The maximum atomic E-state index is 11.8. The Kier molecular flexibility index (Phi) is 5.01. The molecule has 98 valence electrons. The number of halogens is 1. The Hall–Kier alpha value is -1.24. The second kappa shape index (κ2) is 6.08. The Morgan fingerprint density at radius 3 is 2.44 bits per heavy atom. The number of hydrogen-bond donors (Lipinski definition) is 3. The van der Waals surface area contributed by atoms with Gasteiger partial charge in [0.2, 0.25) is 0 Å². The van der Waals surface area contributed by atoms with Gasteiger partial charge in [-0.1, -0.05) is 28.1 Å². The van der Waals surface area contributed by atoms with Crippen molar-refractivity contribution < 1.29 is 24.9 Å². The minimum Gasteiger partial charge on any atom is -0.479 e. The first-order valence-corrected chi connectivity index (χ1v) is 6.13. The zero-order valence-electron chi connectivity index (χ0n) is 9.63. The van der Waals surface area contributed by atoms with Gasteiger partial charge in [0.25, 0.3) is 0 Å². The number of carboxylic acid groups (broad SMARTS) is 1. The molecule has 0 aliphatic heterocycles. The van der Waals surface area contributed by atoms with Gasteiger partial charge < -0.3 is 15.3 Å². The maximum Gasteiger partial charge on any atom is 0.337 e. The molecule has 1 aromatic carbocycles. The molecule has 0 saturated carbocycles. The molecule has 0 aliphatic rings. The van der Waals surface area contributed by atoms with Gasteiger partial charge in [0.15, 0.2) is 11.9 Å². The number of hydrogen-bond acceptors (Lipinski definition) is 4. The molecule has 1 rings (SSSR count). The number of Topliss-reactive ketones (excluding diaryl/α,β-unsaturated/α-hetero) is 1. The Labute approximate surface area is 112 Å². The lowest BCUT2D eigenvalue weighted by Gasteiger charge is -2.12. The standard InChI is InChI=1S/C12H13BrO5/c1-6(13)10(15)9-3-2-7(4-8(9)5-14)11(16)12(17)18/h2-4,6,11,14,16H,5H2,1H3,(H,17,18). The first-order valence-electron chi connectivity index (χ1n) is 5.21. The van der Waals surface area contributed by atoms with Crippen LogP contribution < -0.4 is 0 Å². The Morgan fingerprint density at radius 2 is 2.00 bits per heavy atom. The maximum absolute atomic E-state index is 11.8. The summed E-state index contributed by atoms with van der Waals surface area (Å²) in [6, 6.07) is 4.09. The van der Waals surface area contributed by atoms with E-state index in [4.69, 9.17) is 5.11 Å². The van der Waals surface area contributed by atoms with Gasteiger partial charge in [-0.25, -0.2) is 4.79 Å². The van der Waals surface area contributed by atoms with E-state index in [0.717, 1.165) is 0 Å². The van der Waals surface area contributed by atoms with Crippen LogP contribution in [0, 0.1) is 0 Å². The van der Waals surface area contributed by atoms with Crippen LogP contribution >= 0.6 is 15.9 Å². The number of aliphatic hydroxyl groups is 2. The fourth-order valence-electron chi connectivity index (χ4n) is 1.51. The van der Waals surface area contributed by atoms with E-state index < -0.39 is 23.5 Å². The number of aliphatic carboxylic acids is 1. The highest BCUT2D eigenvalue weighted by Crippen LogP contribution is 2.21. The number of ketones is 1. The molecule has 0 bridgehead atoms. The number of benzene rings is 1. The van der Waals surface area contributed by atoms with E-state index in [-0.39, 0.29) is 11.3 Å². The third kappa shape index (κ3) is 3.16. The summed E-state index contributed by atoms with van der Waals surface area (Å²) in [6.07, 6.45) is -1.67. The van der Waals surface area contributed by atoms with Crippen molar-refractivity contribution in [3.05, 3.63) is 34.9 Å². The second-order valence-corrected chi connectivity index (χ2v) is 5.17. The largest absolute Gasteiger partial charge is 0.479 e. The molecule has 5 nitrogen and oxygen atoms in total. The molecule has 0 radical (unpaired) electrons. The van der Waals surface area contributed by atoms with Crippen molar-refractivity contribution in [1.82, 2.24) is 0 Å². The monoisotopic (exact) mass is 316 g/mol. The first-order chi connectivity index (χ1) is 8.38. The molecule has 1 aromatic rings. The molecule has 0 spiro atoms. The molecule has 0 amide bonds. The number of carboxylic acids is 1. The Bertz CT molecular complexity index is 470. The van der Waals surface area contributed by atoms with Crippen LogP contribution in [0.1, 0.15) is 34.5 Å². The molecule has 3 N–H and O–H groups in total. The molecule has 6 heteroatoms. The van der Waals surface area contributed by atoms with Gasteiger partial charge >= 0.3 is 5.97 Å². The zero-order valence-corrected chi connectivity index (χ0v) is 11.2. The highest BCUT2D eigenvalue weighted by Gasteiger charge is 2.20. The van der Waals surface area contributed by atoms with Gasteiger partial charge in [0.05, 0.1) is 11.4 Å². The lowest BCUT2D eigenvalue weighted by Crippen LogP contribution is -2.15. The molecule has 2 atom stereocenters. The fourth-order valence-corrected chi connectivity index (χ4v) is 1.76. The Balaban J connectivity index is 3.19. The smallest absolute Gasteiger partial charge is 0.337 e. The second-order valence-electron chi connectivity index (χ2n) is 3.80. The van der Waals surface area contributed by atoms with Crippen LogP contribution in [0.4, 0.5) is 0 Å². The molecule has 0 saturated heterocycles. The average Bonchev–Trinajstić information content (AvgIpc) is 2.35. The van der Waals surface area contributed by atoms with E-state index in [1.54, 1.807) is 6.92 Å². The average molecular weight is 317 g/mol. The van der Waals surface area contributed by atoms with E-state index in [2.05, 4.69) is 15.9 Å². The van der Waals surface area contributed by atoms with Crippen molar-refractivity contribution in [3.63, 3.8) is 0 Å². The van der Waals surface area contributed by atoms with Gasteiger partial charge in [-0.05, 0) is 24.1 Å². The lowest BCUT2D eigenvalue weighted by molar-refractivity contribution is -0.146. The number of alkyl halides is 1. The summed E-state index contributed by atoms with van der Waals surface area (Å²) in [5.41, 5.74) is 0.734. The van der Waals surface area contributed by atoms with Gasteiger partial charge in [-0.15, -0.1) is 0 Å². The number of carbonyl (C=O) groups excluding carboxylic acids is 1. The first kappa shape index (κ1) is 14.8. The van der Waals surface area contributed by atoms with E-state index in [0.29, 0.717) is 11.1 Å². The molecule has 0 aliphatic carbocycles. The van der Waals surface area contributed by atoms with E-state index >= 15 is 0 Å². The van der Waals surface area contributed by atoms with E-state index in [1.165, 1.54) is 18.2 Å². The SMILES string of the molecule is CC(Br)C(=O)c1ccc(C(O)C(=O)O)cc1CO. The molecular formula is C12H13BrO5. The minimum atomic E-state index is -1.67. The number of rotatable bonds is 5. The Morgan fingerprint density at radius 1 is 1.39 bits per heavy atom. The van der Waals surface area contributed by atoms with Crippen molar-refractivity contribution >= 4 is 27.7 Å². The fraction of sp³-hybridized carbons (Fsp3) is 0.333. The normalized spacial score (nSPS) is 14.0. The van der Waals surface area contributed by atoms with Crippen LogP contribution in [-0.4, -0.2) is 31.9 Å². The van der Waals surface area contributed by atoms with Crippen molar-refractivity contribution in [2.75, 3.05) is 0 Å².